The third-order valence-corrected chi connectivity index (χ3v) is 5.50. The minimum atomic E-state index is -0.542. The van der Waals surface area contributed by atoms with E-state index in [1.54, 1.807) is 0 Å². The first-order chi connectivity index (χ1) is 15.0. The summed E-state index contributed by atoms with van der Waals surface area (Å²) in [6.45, 7) is 6.33. The normalized spacial score (nSPS) is 13.0. The smallest absolute Gasteiger partial charge is 0.211 e. The van der Waals surface area contributed by atoms with Crippen molar-refractivity contribution in [3.05, 3.63) is 82.9 Å². The van der Waals surface area contributed by atoms with Crippen LogP contribution in [0.1, 0.15) is 62.3 Å². The van der Waals surface area contributed by atoms with Gasteiger partial charge in [0.25, 0.3) is 0 Å². The van der Waals surface area contributed by atoms with Crippen molar-refractivity contribution in [1.29, 1.82) is 1.43 Å². The maximum atomic E-state index is 9.47. The molecule has 2 aromatic carbocycles. The molecule has 0 aliphatic heterocycles. The summed E-state index contributed by atoms with van der Waals surface area (Å²) in [4.78, 5) is 0. The van der Waals surface area contributed by atoms with Crippen molar-refractivity contribution < 1.29 is 20.1 Å². The molecule has 0 heterocycles. The van der Waals surface area contributed by atoms with Gasteiger partial charge in [0.1, 0.15) is 12.4 Å². The average Bonchev–Trinajstić information content (AvgIpc) is 2.83. The van der Waals surface area contributed by atoms with Crippen LogP contribution in [0.4, 0.5) is 0 Å². The summed E-state index contributed by atoms with van der Waals surface area (Å²) < 4.78 is 13.4. The van der Waals surface area contributed by atoms with E-state index in [9.17, 15) is 10.2 Å². The van der Waals surface area contributed by atoms with E-state index in [1.165, 1.54) is 5.57 Å². The minimum Gasteiger partial charge on any atom is -0.489 e. The van der Waals surface area contributed by atoms with Crippen molar-refractivity contribution in [2.45, 2.75) is 65.5 Å². The quantitative estimate of drug-likeness (QED) is 0.422. The Kier molecular flexibility index (Phi) is 8.69. The summed E-state index contributed by atoms with van der Waals surface area (Å²) in [6, 6.07) is 13.6. The number of benzene rings is 2. The molecule has 4 heteroatoms. The second-order valence-corrected chi connectivity index (χ2v) is 7.41. The first-order valence-corrected chi connectivity index (χ1v) is 10.6. The second-order valence-electron chi connectivity index (χ2n) is 7.41. The highest BCUT2D eigenvalue weighted by Gasteiger charge is 2.16. The van der Waals surface area contributed by atoms with Gasteiger partial charge < -0.3 is 20.1 Å². The lowest BCUT2D eigenvalue weighted by molar-refractivity contribution is 0.0828. The number of ether oxygens (including phenoxy) is 1. The molecule has 4 nitrogen and oxygen atoms in total. The van der Waals surface area contributed by atoms with E-state index >= 15 is 0 Å². The van der Waals surface area contributed by atoms with E-state index in [0.29, 0.717) is 12.2 Å². The van der Waals surface area contributed by atoms with Gasteiger partial charge in [0.2, 0.25) is 1.43 Å². The molecule has 0 aliphatic carbocycles. The molecule has 2 rings (SSSR count). The summed E-state index contributed by atoms with van der Waals surface area (Å²) in [6.07, 6.45) is 8.37. The zero-order valence-corrected chi connectivity index (χ0v) is 18.2. The van der Waals surface area contributed by atoms with Crippen molar-refractivity contribution in [3.8, 4) is 5.75 Å². The Morgan fingerprint density at radius 3 is 2.43 bits per heavy atom. The van der Waals surface area contributed by atoms with E-state index in [-0.39, 0.29) is 13.2 Å². The first-order valence-electron chi connectivity index (χ1n) is 11.0. The highest BCUT2D eigenvalue weighted by Crippen LogP contribution is 2.24. The predicted octanol–water partition coefficient (Wildman–Crippen LogP) is 5.15. The van der Waals surface area contributed by atoms with Gasteiger partial charge in [0.15, 0.2) is 0 Å². The fourth-order valence-electron chi connectivity index (χ4n) is 3.27. The Morgan fingerprint density at radius 1 is 1.03 bits per heavy atom. The zero-order valence-electron chi connectivity index (χ0n) is 19.2. The number of rotatable bonds is 12. The molecule has 0 unspecified atom stereocenters. The molecule has 0 fully saturated rings. The molecule has 0 aliphatic rings. The van der Waals surface area contributed by atoms with Crippen molar-refractivity contribution in [2.24, 2.45) is 0 Å². The van der Waals surface area contributed by atoms with E-state index in [0.717, 1.165) is 41.7 Å². The van der Waals surface area contributed by atoms with E-state index in [4.69, 9.17) is 11.3 Å². The van der Waals surface area contributed by atoms with Gasteiger partial charge in [-0.3, -0.25) is 0 Å². The lowest BCUT2D eigenvalue weighted by Gasteiger charge is -2.20. The maximum absolute atomic E-state index is 9.47. The molecule has 30 heavy (non-hydrogen) atoms. The summed E-state index contributed by atoms with van der Waals surface area (Å²) in [5.41, 5.74) is 4.09. The molecule has 0 radical (unpaired) electrons. The fraction of sp³-hybridized carbons (Fsp3) is 0.385. The number of hydrogen-bond acceptors (Lipinski definition) is 4. The molecule has 0 amide bonds. The topological polar surface area (TPSA) is 69.9 Å². The van der Waals surface area contributed by atoms with Crippen LogP contribution in [0.5, 0.6) is 5.75 Å². The molecule has 0 bridgehead atoms. The maximum Gasteiger partial charge on any atom is 0.211 e. The summed E-state index contributed by atoms with van der Waals surface area (Å²) >= 11 is 0. The SMILES string of the molecule is [2H]OC(C=CC=C(CC)c1cccc(OCc2ccc(CO)c(CO)c2)c1)(CC)CC. The third-order valence-electron chi connectivity index (χ3n) is 5.50. The Balaban J connectivity index is 2.14. The monoisotopic (exact) mass is 411 g/mol. The average molecular weight is 412 g/mol. The Morgan fingerprint density at radius 2 is 1.80 bits per heavy atom. The van der Waals surface area contributed by atoms with Crippen LogP contribution < -0.4 is 4.74 Å². The molecule has 3 N–H and O–H groups in total. The molecule has 0 aromatic heterocycles. The van der Waals surface area contributed by atoms with Crippen molar-refractivity contribution in [2.75, 3.05) is 0 Å². The molecule has 0 spiro atoms. The third kappa shape index (κ3) is 6.56. The van der Waals surface area contributed by atoms with Gasteiger partial charge in [-0.2, -0.15) is 0 Å². The summed E-state index contributed by atoms with van der Waals surface area (Å²) in [5.74, 6) is 0.767. The Bertz CT molecular complexity index is 876. The van der Waals surface area contributed by atoms with Gasteiger partial charge in [-0.1, -0.05) is 63.3 Å². The van der Waals surface area contributed by atoms with Crippen LogP contribution in [0, 0.1) is 0 Å². The number of allylic oxidation sites excluding steroid dienone is 3. The summed E-state index contributed by atoms with van der Waals surface area (Å²) in [7, 11) is 0. The van der Waals surface area contributed by atoms with Crippen LogP contribution in [0.3, 0.4) is 0 Å². The lowest BCUT2D eigenvalue weighted by Crippen LogP contribution is -2.22. The molecular formula is C26H34O4. The van der Waals surface area contributed by atoms with E-state index in [1.807, 2.05) is 62.4 Å². The Labute approximate surface area is 181 Å². The predicted molar refractivity (Wildman–Crippen MR) is 122 cm³/mol. The lowest BCUT2D eigenvalue weighted by atomic mass is 9.96. The highest BCUT2D eigenvalue weighted by molar-refractivity contribution is 5.68. The fourth-order valence-corrected chi connectivity index (χ4v) is 3.27. The van der Waals surface area contributed by atoms with Gasteiger partial charge in [0.05, 0.1) is 18.8 Å². The van der Waals surface area contributed by atoms with Gasteiger partial charge in [-0.15, -0.1) is 0 Å². The highest BCUT2D eigenvalue weighted by atomic mass is 16.5. The largest absolute Gasteiger partial charge is 0.489 e. The van der Waals surface area contributed by atoms with Crippen LogP contribution >= 0.6 is 0 Å². The van der Waals surface area contributed by atoms with Crippen LogP contribution in [-0.4, -0.2) is 22.4 Å². The van der Waals surface area contributed by atoms with Gasteiger partial charge in [-0.25, -0.2) is 0 Å². The standard InChI is InChI=1S/C26H34O4/c1-4-21(10-8-14-26(29,5-2)6-3)22-9-7-11-25(16-22)30-19-20-12-13-23(17-27)24(15-20)18-28/h7-16,27-29H,4-6,17-19H2,1-3H3/i29D. The molecule has 2 aromatic rings. The van der Waals surface area contributed by atoms with Crippen molar-refractivity contribution in [3.63, 3.8) is 0 Å². The van der Waals surface area contributed by atoms with Crippen LogP contribution in [-0.2, 0) is 19.8 Å². The minimum absolute atomic E-state index is 0.0921. The van der Waals surface area contributed by atoms with Crippen LogP contribution in [0.25, 0.3) is 5.57 Å². The number of aliphatic hydroxyl groups is 3. The molecule has 0 atom stereocenters. The molecular weight excluding hydrogens is 376 g/mol. The molecule has 0 saturated carbocycles. The van der Waals surface area contributed by atoms with Crippen LogP contribution in [0.15, 0.2) is 60.7 Å². The molecule has 0 saturated heterocycles. The Hall–Kier alpha value is -2.40. The first kappa shape index (κ1) is 22.3. The van der Waals surface area contributed by atoms with Gasteiger partial charge in [-0.05, 0) is 65.3 Å². The van der Waals surface area contributed by atoms with Crippen LogP contribution in [0.2, 0.25) is 0 Å². The van der Waals surface area contributed by atoms with E-state index in [2.05, 4.69) is 19.1 Å². The number of aliphatic hydroxyl groups excluding tert-OH is 2. The van der Waals surface area contributed by atoms with Gasteiger partial charge >= 0.3 is 0 Å². The molecule has 162 valence electrons. The second kappa shape index (κ2) is 11.7. The van der Waals surface area contributed by atoms with E-state index < -0.39 is 5.60 Å². The number of hydrogen-bond donors (Lipinski definition) is 3. The van der Waals surface area contributed by atoms with Crippen molar-refractivity contribution >= 4 is 5.57 Å². The van der Waals surface area contributed by atoms with Crippen molar-refractivity contribution in [1.82, 2.24) is 0 Å². The summed E-state index contributed by atoms with van der Waals surface area (Å²) in [5, 5.41) is 23.8. The zero-order chi connectivity index (χ0) is 22.7. The van der Waals surface area contributed by atoms with Gasteiger partial charge in [0, 0.05) is 0 Å².